The van der Waals surface area contributed by atoms with Gasteiger partial charge < -0.3 is 4.74 Å². The molecule has 1 aliphatic heterocycles. The molecule has 7 nitrogen and oxygen atoms in total. The Hall–Kier alpha value is -1.23. The Kier molecular flexibility index (Phi) is 4.51. The number of primary sulfonamides is 1. The van der Waals surface area contributed by atoms with Crippen molar-refractivity contribution in [2.24, 2.45) is 5.14 Å². The summed E-state index contributed by atoms with van der Waals surface area (Å²) in [4.78, 5) is -0.367. The van der Waals surface area contributed by atoms with Gasteiger partial charge in [0.05, 0.1) is 15.8 Å². The fourth-order valence-corrected chi connectivity index (χ4v) is 3.96. The second kappa shape index (κ2) is 5.87. The molecule has 1 fully saturated rings. The fourth-order valence-electron chi connectivity index (χ4n) is 1.98. The number of nitrogens with two attached hydrogens (primary N) is 1. The second-order valence-electron chi connectivity index (χ2n) is 4.65. The molecule has 0 aromatic heterocycles. The lowest BCUT2D eigenvalue weighted by Gasteiger charge is -2.23. The third kappa shape index (κ3) is 3.90. The molecule has 0 unspecified atom stereocenters. The van der Waals surface area contributed by atoms with E-state index in [2.05, 4.69) is 4.72 Å². The predicted molar refractivity (Wildman–Crippen MR) is 74.2 cm³/mol. The summed E-state index contributed by atoms with van der Waals surface area (Å²) in [5, 5.41) is 4.23. The minimum atomic E-state index is -4.04. The maximum atomic E-state index is 13.7. The molecule has 1 aromatic carbocycles. The van der Waals surface area contributed by atoms with Gasteiger partial charge in [-0.25, -0.2) is 26.4 Å². The number of halogens is 1. The van der Waals surface area contributed by atoms with E-state index >= 15 is 0 Å². The molecule has 0 amide bonds. The lowest BCUT2D eigenvalue weighted by Crippen LogP contribution is -2.33. The Bertz CT molecular complexity index is 727. The molecule has 1 aromatic rings. The molecule has 118 valence electrons. The number of ether oxygens (including phenoxy) is 1. The van der Waals surface area contributed by atoms with Crippen molar-refractivity contribution in [3.63, 3.8) is 0 Å². The molecule has 0 radical (unpaired) electrons. The Labute approximate surface area is 122 Å². The van der Waals surface area contributed by atoms with Crippen molar-refractivity contribution in [1.29, 1.82) is 0 Å². The maximum absolute atomic E-state index is 13.7. The molecule has 21 heavy (non-hydrogen) atoms. The minimum absolute atomic E-state index is 0.297. The van der Waals surface area contributed by atoms with E-state index < -0.39 is 36.8 Å². The van der Waals surface area contributed by atoms with Crippen LogP contribution in [0.3, 0.4) is 0 Å². The lowest BCUT2D eigenvalue weighted by atomic mass is 10.2. The van der Waals surface area contributed by atoms with E-state index in [0.29, 0.717) is 26.1 Å². The van der Waals surface area contributed by atoms with Crippen molar-refractivity contribution in [2.75, 3.05) is 17.9 Å². The Morgan fingerprint density at radius 3 is 2.38 bits per heavy atom. The van der Waals surface area contributed by atoms with E-state index in [0.717, 1.165) is 18.2 Å². The van der Waals surface area contributed by atoms with Crippen LogP contribution in [0.1, 0.15) is 12.8 Å². The van der Waals surface area contributed by atoms with Crippen LogP contribution in [0, 0.1) is 5.82 Å². The van der Waals surface area contributed by atoms with Crippen molar-refractivity contribution in [2.45, 2.75) is 23.0 Å². The van der Waals surface area contributed by atoms with Crippen LogP contribution in [0.15, 0.2) is 23.1 Å². The highest BCUT2D eigenvalue weighted by molar-refractivity contribution is 7.93. The first kappa shape index (κ1) is 16.1. The second-order valence-corrected chi connectivity index (χ2v) is 8.17. The summed E-state index contributed by atoms with van der Waals surface area (Å²) in [6.45, 7) is 0.622. The molecule has 0 aliphatic carbocycles. The molecule has 2 rings (SSSR count). The van der Waals surface area contributed by atoms with Gasteiger partial charge in [0.15, 0.2) is 0 Å². The van der Waals surface area contributed by atoms with Gasteiger partial charge in [0.2, 0.25) is 20.0 Å². The summed E-state index contributed by atoms with van der Waals surface area (Å²) in [5.74, 6) is -0.877. The number of nitrogens with one attached hydrogen (secondary N) is 1. The average Bonchev–Trinajstić information content (AvgIpc) is 2.41. The summed E-state index contributed by atoms with van der Waals surface area (Å²) < 4.78 is 67.6. The zero-order chi connectivity index (χ0) is 15.7. The Morgan fingerprint density at radius 1 is 1.19 bits per heavy atom. The van der Waals surface area contributed by atoms with E-state index in [1.54, 1.807) is 0 Å². The van der Waals surface area contributed by atoms with Crippen LogP contribution in [0.5, 0.6) is 0 Å². The third-order valence-corrected chi connectivity index (χ3v) is 5.89. The molecule has 1 aliphatic rings. The monoisotopic (exact) mass is 338 g/mol. The normalized spacial score (nSPS) is 17.6. The first-order valence-electron chi connectivity index (χ1n) is 6.12. The van der Waals surface area contributed by atoms with Crippen LogP contribution >= 0.6 is 0 Å². The van der Waals surface area contributed by atoms with E-state index in [1.807, 2.05) is 0 Å². The summed E-state index contributed by atoms with van der Waals surface area (Å²) in [6, 6.07) is 2.68. The molecular weight excluding hydrogens is 323 g/mol. The van der Waals surface area contributed by atoms with E-state index in [-0.39, 0.29) is 4.90 Å². The van der Waals surface area contributed by atoms with Gasteiger partial charge in [-0.1, -0.05) is 0 Å². The van der Waals surface area contributed by atoms with Gasteiger partial charge in [0.25, 0.3) is 0 Å². The van der Waals surface area contributed by atoms with Gasteiger partial charge >= 0.3 is 0 Å². The van der Waals surface area contributed by atoms with Gasteiger partial charge in [0, 0.05) is 13.2 Å². The van der Waals surface area contributed by atoms with Gasteiger partial charge in [-0.3, -0.25) is 4.72 Å². The van der Waals surface area contributed by atoms with Crippen LogP contribution in [0.25, 0.3) is 0 Å². The third-order valence-electron chi connectivity index (χ3n) is 3.13. The highest BCUT2D eigenvalue weighted by Gasteiger charge is 2.28. The average molecular weight is 338 g/mol. The highest BCUT2D eigenvalue weighted by atomic mass is 32.2. The van der Waals surface area contributed by atoms with Gasteiger partial charge in [-0.15, -0.1) is 0 Å². The van der Waals surface area contributed by atoms with Gasteiger partial charge in [-0.05, 0) is 31.0 Å². The van der Waals surface area contributed by atoms with Crippen LogP contribution in [0.4, 0.5) is 10.1 Å². The number of hydrogen-bond donors (Lipinski definition) is 2. The predicted octanol–water partition coefficient (Wildman–Crippen LogP) is 0.394. The van der Waals surface area contributed by atoms with E-state index in [9.17, 15) is 21.2 Å². The minimum Gasteiger partial charge on any atom is -0.381 e. The number of sulfonamides is 2. The van der Waals surface area contributed by atoms with Crippen molar-refractivity contribution < 1.29 is 26.0 Å². The quantitative estimate of drug-likeness (QED) is 0.824. The maximum Gasteiger partial charge on any atom is 0.238 e. The molecule has 1 heterocycles. The summed E-state index contributed by atoms with van der Waals surface area (Å²) in [7, 11) is -7.87. The zero-order valence-electron chi connectivity index (χ0n) is 11.0. The van der Waals surface area contributed by atoms with E-state index in [4.69, 9.17) is 9.88 Å². The summed E-state index contributed by atoms with van der Waals surface area (Å²) >= 11 is 0. The Balaban J connectivity index is 2.30. The Morgan fingerprint density at radius 2 is 1.81 bits per heavy atom. The number of rotatable bonds is 4. The summed E-state index contributed by atoms with van der Waals surface area (Å²) in [6.07, 6.45) is 0.595. The number of hydrogen-bond acceptors (Lipinski definition) is 5. The molecule has 3 N–H and O–H groups in total. The topological polar surface area (TPSA) is 116 Å². The molecule has 0 spiro atoms. The van der Waals surface area contributed by atoms with Gasteiger partial charge in [-0.2, -0.15) is 0 Å². The molecule has 0 saturated carbocycles. The first-order chi connectivity index (χ1) is 9.70. The number of benzene rings is 1. The summed E-state index contributed by atoms with van der Waals surface area (Å²) in [5.41, 5.74) is -0.437. The van der Waals surface area contributed by atoms with E-state index in [1.165, 1.54) is 0 Å². The molecular formula is C11H15FN2O5S2. The lowest BCUT2D eigenvalue weighted by molar-refractivity contribution is 0.0984. The molecule has 1 saturated heterocycles. The number of anilines is 1. The first-order valence-corrected chi connectivity index (χ1v) is 9.21. The fraction of sp³-hybridized carbons (Fsp3) is 0.455. The largest absolute Gasteiger partial charge is 0.381 e. The van der Waals surface area contributed by atoms with Crippen molar-refractivity contribution in [3.05, 3.63) is 24.0 Å². The molecule has 10 heteroatoms. The van der Waals surface area contributed by atoms with Crippen LogP contribution in [-0.4, -0.2) is 35.3 Å². The smallest absolute Gasteiger partial charge is 0.238 e. The van der Waals surface area contributed by atoms with Crippen LogP contribution < -0.4 is 9.86 Å². The van der Waals surface area contributed by atoms with Crippen LogP contribution in [0.2, 0.25) is 0 Å². The van der Waals surface area contributed by atoms with Crippen molar-refractivity contribution in [3.8, 4) is 0 Å². The zero-order valence-corrected chi connectivity index (χ0v) is 12.6. The SMILES string of the molecule is NS(=O)(=O)c1ccc(F)c(NS(=O)(=O)C2CCOCC2)c1. The molecule has 0 bridgehead atoms. The standard InChI is InChI=1S/C11H15FN2O5S2/c12-10-2-1-9(20(13,15)16)7-11(10)14-21(17,18)8-3-5-19-6-4-8/h1-2,7-8,14H,3-6H2,(H2,13,15,16). The van der Waals surface area contributed by atoms with Crippen LogP contribution in [-0.2, 0) is 24.8 Å². The van der Waals surface area contributed by atoms with Crippen molar-refractivity contribution >= 4 is 25.7 Å². The van der Waals surface area contributed by atoms with Gasteiger partial charge in [0.1, 0.15) is 5.82 Å². The molecule has 0 atom stereocenters. The van der Waals surface area contributed by atoms with Crippen molar-refractivity contribution in [1.82, 2.24) is 0 Å². The highest BCUT2D eigenvalue weighted by Crippen LogP contribution is 2.23.